The highest BCUT2D eigenvalue weighted by Gasteiger charge is 2.31. The third kappa shape index (κ3) is 2.74. The molecule has 1 aromatic rings. The summed E-state index contributed by atoms with van der Waals surface area (Å²) in [5.74, 6) is -1.35. The van der Waals surface area contributed by atoms with Crippen LogP contribution in [0.15, 0.2) is 12.1 Å². The normalized spacial score (nSPS) is 14.5. The summed E-state index contributed by atoms with van der Waals surface area (Å²) in [4.78, 5) is 20.9. The smallest absolute Gasteiger partial charge is 0.335 e. The highest BCUT2D eigenvalue weighted by atomic mass is 32.1. The van der Waals surface area contributed by atoms with E-state index in [9.17, 15) is 20.0 Å². The molecule has 2 N–H and O–H groups in total. The van der Waals surface area contributed by atoms with Crippen LogP contribution in [0.25, 0.3) is 0 Å². The first-order chi connectivity index (χ1) is 6.83. The second-order valence-corrected chi connectivity index (χ2v) is 4.40. The van der Waals surface area contributed by atoms with Crippen molar-refractivity contribution in [1.29, 1.82) is 0 Å². The van der Waals surface area contributed by atoms with Gasteiger partial charge in [0.15, 0.2) is 5.60 Å². The Kier molecular flexibility index (Phi) is 3.06. The lowest BCUT2D eigenvalue weighted by molar-refractivity contribution is -0.380. The van der Waals surface area contributed by atoms with Gasteiger partial charge in [0.2, 0.25) is 0 Å². The molecular weight excluding hydrogens is 222 g/mol. The maximum atomic E-state index is 10.6. The van der Waals surface area contributed by atoms with E-state index in [1.807, 2.05) is 0 Å². The minimum absolute atomic E-state index is 0.0637. The van der Waals surface area contributed by atoms with Crippen LogP contribution in [0.3, 0.4) is 0 Å². The van der Waals surface area contributed by atoms with Gasteiger partial charge >= 0.3 is 11.0 Å². The van der Waals surface area contributed by atoms with Gasteiger partial charge in [-0.05, 0) is 13.0 Å². The molecule has 0 aliphatic carbocycles. The summed E-state index contributed by atoms with van der Waals surface area (Å²) in [6.45, 7) is 1.15. The van der Waals surface area contributed by atoms with Gasteiger partial charge in [-0.1, -0.05) is 11.3 Å². The van der Waals surface area contributed by atoms with Crippen LogP contribution >= 0.6 is 11.3 Å². The van der Waals surface area contributed by atoms with Crippen molar-refractivity contribution in [3.05, 3.63) is 27.1 Å². The number of hydrogen-bond acceptors (Lipinski definition) is 5. The quantitative estimate of drug-likeness (QED) is 0.595. The molecule has 0 spiro atoms. The average molecular weight is 231 g/mol. The maximum Gasteiger partial charge on any atom is 0.335 e. The number of thiophene rings is 1. The van der Waals surface area contributed by atoms with Gasteiger partial charge < -0.3 is 10.2 Å². The molecule has 1 aromatic heterocycles. The summed E-state index contributed by atoms with van der Waals surface area (Å²) in [5, 5.41) is 28.4. The first kappa shape index (κ1) is 11.6. The number of hydrogen-bond donors (Lipinski definition) is 2. The molecular formula is C8H9NO5S. The third-order valence-electron chi connectivity index (χ3n) is 1.81. The Morgan fingerprint density at radius 2 is 2.27 bits per heavy atom. The fourth-order valence-corrected chi connectivity index (χ4v) is 1.94. The van der Waals surface area contributed by atoms with Crippen LogP contribution in [0.1, 0.15) is 11.8 Å². The van der Waals surface area contributed by atoms with E-state index in [1.165, 1.54) is 12.1 Å². The van der Waals surface area contributed by atoms with Crippen LogP contribution in [0.2, 0.25) is 0 Å². The van der Waals surface area contributed by atoms with Crippen LogP contribution in [-0.2, 0) is 11.2 Å². The number of rotatable bonds is 4. The SMILES string of the molecule is CC(O)(Cc1ccc([N+](=O)[O-])s1)C(=O)O. The van der Waals surface area contributed by atoms with Gasteiger partial charge in [0.1, 0.15) is 0 Å². The molecule has 0 fully saturated rings. The molecule has 7 heteroatoms. The minimum Gasteiger partial charge on any atom is -0.479 e. The number of aliphatic hydroxyl groups is 1. The molecule has 0 saturated heterocycles. The van der Waals surface area contributed by atoms with E-state index in [4.69, 9.17) is 5.11 Å². The van der Waals surface area contributed by atoms with Crippen molar-refractivity contribution >= 4 is 22.3 Å². The Balaban J connectivity index is 2.82. The van der Waals surface area contributed by atoms with Crippen LogP contribution < -0.4 is 0 Å². The topological polar surface area (TPSA) is 101 Å². The second kappa shape index (κ2) is 3.95. The molecule has 0 aliphatic rings. The molecule has 1 rings (SSSR count). The fourth-order valence-electron chi connectivity index (χ4n) is 0.975. The minimum atomic E-state index is -1.89. The van der Waals surface area contributed by atoms with Gasteiger partial charge in [0.25, 0.3) is 0 Å². The zero-order chi connectivity index (χ0) is 11.6. The molecule has 15 heavy (non-hydrogen) atoms. The van der Waals surface area contributed by atoms with E-state index in [0.29, 0.717) is 4.88 Å². The standard InChI is InChI=1S/C8H9NO5S/c1-8(12,7(10)11)4-5-2-3-6(15-5)9(13)14/h2-3,12H,4H2,1H3,(H,10,11). The number of carboxylic acid groups (broad SMARTS) is 1. The molecule has 0 aliphatic heterocycles. The number of nitro groups is 1. The molecule has 6 nitrogen and oxygen atoms in total. The van der Waals surface area contributed by atoms with Crippen molar-refractivity contribution in [1.82, 2.24) is 0 Å². The summed E-state index contributed by atoms with van der Waals surface area (Å²) in [6.07, 6.45) is -0.138. The average Bonchev–Trinajstić information content (AvgIpc) is 2.51. The summed E-state index contributed by atoms with van der Waals surface area (Å²) in [5.41, 5.74) is -1.89. The van der Waals surface area contributed by atoms with Gasteiger partial charge in [-0.25, -0.2) is 4.79 Å². The van der Waals surface area contributed by atoms with Crippen molar-refractivity contribution in [2.45, 2.75) is 18.9 Å². The van der Waals surface area contributed by atoms with Gasteiger partial charge in [0.05, 0.1) is 4.92 Å². The second-order valence-electron chi connectivity index (χ2n) is 3.25. The van der Waals surface area contributed by atoms with Gasteiger partial charge in [-0.3, -0.25) is 10.1 Å². The zero-order valence-electron chi connectivity index (χ0n) is 7.84. The number of carboxylic acids is 1. The van der Waals surface area contributed by atoms with Crippen LogP contribution in [0.4, 0.5) is 5.00 Å². The number of aliphatic carboxylic acids is 1. The van der Waals surface area contributed by atoms with Gasteiger partial charge in [-0.15, -0.1) is 0 Å². The van der Waals surface area contributed by atoms with Gasteiger partial charge in [0, 0.05) is 17.4 Å². The zero-order valence-corrected chi connectivity index (χ0v) is 8.65. The monoisotopic (exact) mass is 231 g/mol. The van der Waals surface area contributed by atoms with E-state index >= 15 is 0 Å². The Hall–Kier alpha value is -1.47. The Morgan fingerprint density at radius 3 is 2.67 bits per heavy atom. The lowest BCUT2D eigenvalue weighted by Gasteiger charge is -2.15. The summed E-state index contributed by atoms with van der Waals surface area (Å²) < 4.78 is 0. The molecule has 1 unspecified atom stereocenters. The Labute approximate surface area is 88.9 Å². The lowest BCUT2D eigenvalue weighted by atomic mass is 10.0. The molecule has 1 heterocycles. The Bertz CT molecular complexity index is 397. The maximum absolute atomic E-state index is 10.6. The molecule has 0 radical (unpaired) electrons. The van der Waals surface area contributed by atoms with E-state index in [1.54, 1.807) is 0 Å². The highest BCUT2D eigenvalue weighted by Crippen LogP contribution is 2.27. The molecule has 1 atom stereocenters. The predicted molar refractivity (Wildman–Crippen MR) is 52.9 cm³/mol. The molecule has 82 valence electrons. The highest BCUT2D eigenvalue weighted by molar-refractivity contribution is 7.15. The van der Waals surface area contributed by atoms with Crippen LogP contribution in [-0.4, -0.2) is 26.7 Å². The van der Waals surface area contributed by atoms with Crippen molar-refractivity contribution in [2.75, 3.05) is 0 Å². The number of nitrogens with zero attached hydrogens (tertiary/aromatic N) is 1. The third-order valence-corrected chi connectivity index (χ3v) is 2.84. The van der Waals surface area contributed by atoms with Crippen LogP contribution in [0.5, 0.6) is 0 Å². The predicted octanol–water partition coefficient (Wildman–Crippen LogP) is 1.03. The van der Waals surface area contributed by atoms with E-state index in [0.717, 1.165) is 18.3 Å². The summed E-state index contributed by atoms with van der Waals surface area (Å²) in [6, 6.07) is 2.73. The molecule has 0 saturated carbocycles. The molecule has 0 amide bonds. The Morgan fingerprint density at radius 1 is 1.67 bits per heavy atom. The van der Waals surface area contributed by atoms with Crippen molar-refractivity contribution < 1.29 is 19.9 Å². The van der Waals surface area contributed by atoms with Crippen LogP contribution in [0, 0.1) is 10.1 Å². The summed E-state index contributed by atoms with van der Waals surface area (Å²) >= 11 is 0.863. The van der Waals surface area contributed by atoms with Crippen molar-refractivity contribution in [3.63, 3.8) is 0 Å². The molecule has 0 aromatic carbocycles. The van der Waals surface area contributed by atoms with Gasteiger partial charge in [-0.2, -0.15) is 0 Å². The summed E-state index contributed by atoms with van der Waals surface area (Å²) in [7, 11) is 0. The van der Waals surface area contributed by atoms with Crippen molar-refractivity contribution in [3.8, 4) is 0 Å². The van der Waals surface area contributed by atoms with E-state index < -0.39 is 16.5 Å². The largest absolute Gasteiger partial charge is 0.479 e. The van der Waals surface area contributed by atoms with Crippen molar-refractivity contribution in [2.24, 2.45) is 0 Å². The first-order valence-electron chi connectivity index (χ1n) is 4.02. The molecule has 0 bridgehead atoms. The first-order valence-corrected chi connectivity index (χ1v) is 4.83. The lowest BCUT2D eigenvalue weighted by Crippen LogP contribution is -2.36. The van der Waals surface area contributed by atoms with E-state index in [2.05, 4.69) is 0 Å². The number of carbonyl (C=O) groups is 1. The van der Waals surface area contributed by atoms with E-state index in [-0.39, 0.29) is 11.4 Å². The fraction of sp³-hybridized carbons (Fsp3) is 0.375.